The molecule has 0 aromatic rings. The lowest BCUT2D eigenvalue weighted by molar-refractivity contribution is -0.103. The normalized spacial score (nSPS) is 16.3. The van der Waals surface area contributed by atoms with Crippen LogP contribution in [0.2, 0.25) is 0 Å². The van der Waals surface area contributed by atoms with E-state index in [2.05, 4.69) is 9.47 Å². The first-order chi connectivity index (χ1) is 8.62. The first kappa shape index (κ1) is 19.1. The maximum absolute atomic E-state index is 10.8. The third-order valence-corrected chi connectivity index (χ3v) is 3.58. The van der Waals surface area contributed by atoms with E-state index >= 15 is 0 Å². The number of ether oxygens (including phenoxy) is 4. The Morgan fingerprint density at radius 3 is 1.37 bits per heavy atom. The maximum atomic E-state index is 10.8. The third-order valence-electron chi connectivity index (χ3n) is 1.76. The highest BCUT2D eigenvalue weighted by Crippen LogP contribution is 2.43. The molecule has 0 radical (unpaired) electrons. The van der Waals surface area contributed by atoms with Gasteiger partial charge in [-0.15, -0.1) is 0 Å². The van der Waals surface area contributed by atoms with Crippen molar-refractivity contribution in [1.29, 1.82) is 0 Å². The van der Waals surface area contributed by atoms with Gasteiger partial charge < -0.3 is 38.5 Å². The molecule has 0 aliphatic carbocycles. The molecule has 0 fully saturated rings. The molecule has 0 amide bonds. The van der Waals surface area contributed by atoms with Gasteiger partial charge in [-0.25, -0.2) is 0 Å². The fourth-order valence-corrected chi connectivity index (χ4v) is 2.18. The molecule has 0 aromatic heterocycles. The second kappa shape index (κ2) is 8.43. The summed E-state index contributed by atoms with van der Waals surface area (Å²) in [5.74, 6) is 0. The number of hydrogen-bond acceptors (Lipinski definition) is 6. The average molecular weight is 324 g/mol. The molecule has 116 valence electrons. The minimum atomic E-state index is -4.51. The molecule has 2 unspecified atom stereocenters. The molecule has 0 heterocycles. The highest BCUT2D eigenvalue weighted by molar-refractivity contribution is 7.52. The summed E-state index contributed by atoms with van der Waals surface area (Å²) in [5, 5.41) is 0. The summed E-state index contributed by atoms with van der Waals surface area (Å²) >= 11 is 0. The van der Waals surface area contributed by atoms with Crippen molar-refractivity contribution in [2.75, 3.05) is 27.4 Å². The van der Waals surface area contributed by atoms with Gasteiger partial charge in [-0.2, -0.15) is 0 Å². The molecule has 2 atom stereocenters. The van der Waals surface area contributed by atoms with Crippen LogP contribution >= 0.6 is 15.2 Å². The van der Waals surface area contributed by atoms with Gasteiger partial charge in [-0.3, -0.25) is 9.13 Å². The molecule has 0 bridgehead atoms. The number of hydrogen-bond donors (Lipinski definition) is 4. The minimum absolute atomic E-state index is 0.124. The Morgan fingerprint density at radius 1 is 0.842 bits per heavy atom. The summed E-state index contributed by atoms with van der Waals surface area (Å²) in [5.41, 5.74) is 0. The maximum Gasteiger partial charge on any atom is 0.381 e. The van der Waals surface area contributed by atoms with Crippen LogP contribution in [0, 0.1) is 0 Å². The summed E-state index contributed by atoms with van der Waals surface area (Å²) in [6.45, 7) is -0.248. The van der Waals surface area contributed by atoms with E-state index in [1.807, 2.05) is 0 Å². The molecule has 0 rings (SSSR count). The quantitative estimate of drug-likeness (QED) is 0.238. The van der Waals surface area contributed by atoms with Gasteiger partial charge in [0, 0.05) is 14.2 Å². The molecule has 0 aliphatic heterocycles. The fourth-order valence-electron chi connectivity index (χ4n) is 1.03. The van der Waals surface area contributed by atoms with Crippen molar-refractivity contribution in [1.82, 2.24) is 0 Å². The monoisotopic (exact) mass is 324 g/mol. The van der Waals surface area contributed by atoms with Gasteiger partial charge in [0.1, 0.15) is 0 Å². The lowest BCUT2D eigenvalue weighted by Crippen LogP contribution is -2.19. The van der Waals surface area contributed by atoms with Crippen molar-refractivity contribution in [2.24, 2.45) is 0 Å². The fraction of sp³-hybridized carbons (Fsp3) is 1.00. The Hall–Kier alpha value is 0.140. The Kier molecular flexibility index (Phi) is 8.49. The van der Waals surface area contributed by atoms with E-state index in [-0.39, 0.29) is 19.6 Å². The van der Waals surface area contributed by atoms with Crippen molar-refractivity contribution in [3.05, 3.63) is 0 Å². The van der Waals surface area contributed by atoms with Gasteiger partial charge in [0.15, 0.2) is 0 Å². The van der Waals surface area contributed by atoms with E-state index in [1.165, 1.54) is 0 Å². The predicted molar refractivity (Wildman–Crippen MR) is 62.2 cm³/mol. The number of methoxy groups -OCH3 is 2. The third kappa shape index (κ3) is 8.11. The van der Waals surface area contributed by atoms with E-state index < -0.39 is 27.3 Å². The van der Waals surface area contributed by atoms with E-state index in [0.29, 0.717) is 0 Å². The van der Waals surface area contributed by atoms with E-state index in [4.69, 9.17) is 29.0 Å². The second-order valence-electron chi connectivity index (χ2n) is 3.36. The average Bonchev–Trinajstić information content (AvgIpc) is 2.24. The zero-order valence-electron chi connectivity index (χ0n) is 10.4. The Bertz CT molecular complexity index is 303. The first-order valence-electron chi connectivity index (χ1n) is 5.02. The van der Waals surface area contributed by atoms with Crippen LogP contribution in [0.5, 0.6) is 0 Å². The molecular formula is C7H18O10P2. The summed E-state index contributed by atoms with van der Waals surface area (Å²) in [7, 11) is -6.86. The van der Waals surface area contributed by atoms with Crippen molar-refractivity contribution in [3.63, 3.8) is 0 Å². The van der Waals surface area contributed by atoms with Crippen LogP contribution in [0.3, 0.4) is 0 Å². The zero-order valence-corrected chi connectivity index (χ0v) is 12.2. The molecule has 0 saturated carbocycles. The Morgan fingerprint density at radius 2 is 1.16 bits per heavy atom. The van der Waals surface area contributed by atoms with Crippen LogP contribution in [-0.4, -0.2) is 59.1 Å². The summed E-state index contributed by atoms with van der Waals surface area (Å²) in [4.78, 5) is 35.1. The highest BCUT2D eigenvalue weighted by Gasteiger charge is 2.30. The zero-order chi connectivity index (χ0) is 15.1. The van der Waals surface area contributed by atoms with Crippen molar-refractivity contribution in [3.8, 4) is 0 Å². The Labute approximate surface area is 109 Å². The number of rotatable bonds is 10. The summed E-state index contributed by atoms with van der Waals surface area (Å²) < 4.78 is 40.0. The van der Waals surface area contributed by atoms with Crippen LogP contribution in [0.1, 0.15) is 6.42 Å². The van der Waals surface area contributed by atoms with Crippen molar-refractivity contribution in [2.45, 2.75) is 18.5 Å². The van der Waals surface area contributed by atoms with Crippen molar-refractivity contribution < 1.29 is 47.7 Å². The lowest BCUT2D eigenvalue weighted by atomic mass is 10.5. The van der Waals surface area contributed by atoms with Gasteiger partial charge in [0.2, 0.25) is 0 Å². The van der Waals surface area contributed by atoms with E-state index in [0.717, 1.165) is 14.2 Å². The molecule has 0 saturated heterocycles. The summed E-state index contributed by atoms with van der Waals surface area (Å²) in [6.07, 6.45) is 0.139. The van der Waals surface area contributed by atoms with Crippen LogP contribution in [0.4, 0.5) is 0 Å². The Balaban J connectivity index is 3.93. The smallest absolute Gasteiger partial charge is 0.346 e. The van der Waals surface area contributed by atoms with Crippen LogP contribution in [0.15, 0.2) is 0 Å². The predicted octanol–water partition coefficient (Wildman–Crippen LogP) is -0.375. The van der Waals surface area contributed by atoms with Gasteiger partial charge >= 0.3 is 15.2 Å². The van der Waals surface area contributed by atoms with Crippen LogP contribution < -0.4 is 0 Å². The second-order valence-corrected chi connectivity index (χ2v) is 6.56. The molecule has 4 N–H and O–H groups in total. The van der Waals surface area contributed by atoms with Gasteiger partial charge in [0.25, 0.3) is 12.1 Å². The van der Waals surface area contributed by atoms with Gasteiger partial charge in [-0.05, 0) is 6.42 Å². The largest absolute Gasteiger partial charge is 0.381 e. The molecular weight excluding hydrogens is 306 g/mol. The highest BCUT2D eigenvalue weighted by atomic mass is 31.2. The van der Waals surface area contributed by atoms with E-state index in [1.54, 1.807) is 0 Å². The molecule has 10 nitrogen and oxygen atoms in total. The van der Waals surface area contributed by atoms with Crippen molar-refractivity contribution >= 4 is 15.2 Å². The van der Waals surface area contributed by atoms with Gasteiger partial charge in [0.05, 0.1) is 13.2 Å². The molecule has 0 aromatic carbocycles. The minimum Gasteiger partial charge on any atom is -0.346 e. The van der Waals surface area contributed by atoms with Crippen LogP contribution in [-0.2, 0) is 28.1 Å². The van der Waals surface area contributed by atoms with Gasteiger partial charge in [-0.1, -0.05) is 0 Å². The van der Waals surface area contributed by atoms with E-state index in [9.17, 15) is 9.13 Å². The summed E-state index contributed by atoms with van der Waals surface area (Å²) in [6, 6.07) is -3.35. The lowest BCUT2D eigenvalue weighted by Gasteiger charge is -2.18. The molecule has 0 spiro atoms. The SMILES string of the molecule is COC(OCCCOC(OC)P(=O)(O)O)P(=O)(O)O. The first-order valence-corrected chi connectivity index (χ1v) is 8.38. The van der Waals surface area contributed by atoms with Crippen LogP contribution in [0.25, 0.3) is 0 Å². The molecule has 12 heteroatoms. The molecule has 0 aliphatic rings. The topological polar surface area (TPSA) is 152 Å². The standard InChI is InChI=1S/C7H18O10P2/c1-14-6(18(8,9)10)16-4-3-5-17-7(15-2)19(11,12)13/h6-7H,3-5H2,1-2H3,(H2,8,9,10)(H2,11,12,13). The molecule has 19 heavy (non-hydrogen) atoms.